The summed E-state index contributed by atoms with van der Waals surface area (Å²) in [7, 11) is 0. The fourth-order valence-electron chi connectivity index (χ4n) is 1.33. The van der Waals surface area contributed by atoms with E-state index in [9.17, 15) is 14.9 Å². The number of carbonyl (C=O) groups is 1. The van der Waals surface area contributed by atoms with Gasteiger partial charge in [0, 0.05) is 12.1 Å². The van der Waals surface area contributed by atoms with Crippen LogP contribution in [0, 0.1) is 10.1 Å². The molecule has 1 rings (SSSR count). The molecule has 0 spiro atoms. The molecule has 1 atom stereocenters. The molecule has 1 unspecified atom stereocenters. The number of nitrogens with zero attached hydrogens (tertiary/aromatic N) is 1. The van der Waals surface area contributed by atoms with E-state index in [2.05, 4.69) is 0 Å². The van der Waals surface area contributed by atoms with Crippen LogP contribution in [-0.4, -0.2) is 23.6 Å². The molecule has 102 valence electrons. The van der Waals surface area contributed by atoms with Gasteiger partial charge in [-0.3, -0.25) is 10.1 Å². The lowest BCUT2D eigenvalue weighted by Crippen LogP contribution is -2.09. The number of carbonyl (C=O) groups excluding carboxylic acids is 1. The number of ether oxygens (including phenoxy) is 2. The number of hydrogen-bond donors (Lipinski definition) is 0. The predicted octanol–water partition coefficient (Wildman–Crippen LogP) is 2.48. The first-order chi connectivity index (χ1) is 9.02. The lowest BCUT2D eigenvalue weighted by atomic mass is 10.3. The van der Waals surface area contributed by atoms with E-state index in [0.717, 1.165) is 0 Å². The van der Waals surface area contributed by atoms with E-state index in [1.54, 1.807) is 19.9 Å². The maximum Gasteiger partial charge on any atom is 0.330 e. The largest absolute Gasteiger partial charge is 0.486 e. The van der Waals surface area contributed by atoms with Crippen molar-refractivity contribution in [2.24, 2.45) is 0 Å². The Bertz CT molecular complexity index is 484. The highest BCUT2D eigenvalue weighted by Gasteiger charge is 2.08. The van der Waals surface area contributed by atoms with Gasteiger partial charge in [-0.2, -0.15) is 0 Å². The van der Waals surface area contributed by atoms with Crippen LogP contribution in [0.3, 0.4) is 0 Å². The van der Waals surface area contributed by atoms with Gasteiger partial charge in [0.05, 0.1) is 17.6 Å². The minimum Gasteiger partial charge on any atom is -0.486 e. The van der Waals surface area contributed by atoms with E-state index in [4.69, 9.17) is 9.47 Å². The summed E-state index contributed by atoms with van der Waals surface area (Å²) < 4.78 is 10.2. The molecule has 19 heavy (non-hydrogen) atoms. The molecular weight excluding hydrogens is 250 g/mol. The van der Waals surface area contributed by atoms with Crippen LogP contribution in [-0.2, 0) is 9.53 Å². The van der Waals surface area contributed by atoms with Crippen LogP contribution >= 0.6 is 0 Å². The molecular formula is C13H15NO5. The first kappa shape index (κ1) is 14.7. The lowest BCUT2D eigenvalue weighted by molar-refractivity contribution is -0.384. The highest BCUT2D eigenvalue weighted by atomic mass is 16.6. The Morgan fingerprint density at radius 2 is 2.26 bits per heavy atom. The Kier molecular flexibility index (Phi) is 5.53. The summed E-state index contributed by atoms with van der Waals surface area (Å²) >= 11 is 0. The summed E-state index contributed by atoms with van der Waals surface area (Å²) in [5.41, 5.74) is -0.0425. The monoisotopic (exact) mass is 265 g/mol. The minimum atomic E-state index is -0.494. The van der Waals surface area contributed by atoms with E-state index >= 15 is 0 Å². The second-order valence-electron chi connectivity index (χ2n) is 3.69. The Balaban J connectivity index is 2.61. The number of nitro benzene ring substituents is 1. The van der Waals surface area contributed by atoms with E-state index < -0.39 is 17.0 Å². The molecule has 0 aliphatic rings. The zero-order valence-electron chi connectivity index (χ0n) is 10.7. The first-order valence-corrected chi connectivity index (χ1v) is 5.79. The fraction of sp³-hybridized carbons (Fsp3) is 0.308. The SMILES string of the molecule is CCOC(=O)C=CC(C)Oc1cccc([N+](=O)[O-])c1. The Morgan fingerprint density at radius 1 is 1.53 bits per heavy atom. The summed E-state index contributed by atoms with van der Waals surface area (Å²) in [6, 6.07) is 5.86. The normalized spacial score (nSPS) is 12.1. The van der Waals surface area contributed by atoms with Gasteiger partial charge < -0.3 is 9.47 Å². The van der Waals surface area contributed by atoms with Crippen LogP contribution in [0.4, 0.5) is 5.69 Å². The first-order valence-electron chi connectivity index (χ1n) is 5.79. The van der Waals surface area contributed by atoms with Crippen molar-refractivity contribution in [3.8, 4) is 5.75 Å². The van der Waals surface area contributed by atoms with Gasteiger partial charge in [0.15, 0.2) is 0 Å². The number of hydrogen-bond acceptors (Lipinski definition) is 5. The quantitative estimate of drug-likeness (QED) is 0.341. The minimum absolute atomic E-state index is 0.0425. The molecule has 0 aromatic heterocycles. The van der Waals surface area contributed by atoms with Gasteiger partial charge in [-0.05, 0) is 26.0 Å². The number of nitro groups is 1. The summed E-state index contributed by atoms with van der Waals surface area (Å²) in [5, 5.41) is 10.6. The number of non-ortho nitro benzene ring substituents is 1. The molecule has 0 bridgehead atoms. The van der Waals surface area contributed by atoms with Crippen molar-refractivity contribution >= 4 is 11.7 Å². The topological polar surface area (TPSA) is 78.7 Å². The van der Waals surface area contributed by atoms with Gasteiger partial charge in [0.2, 0.25) is 0 Å². The molecule has 0 saturated heterocycles. The van der Waals surface area contributed by atoms with Gasteiger partial charge in [0.25, 0.3) is 5.69 Å². The fourth-order valence-corrected chi connectivity index (χ4v) is 1.33. The van der Waals surface area contributed by atoms with Gasteiger partial charge in [-0.15, -0.1) is 0 Å². The molecule has 0 aliphatic heterocycles. The average Bonchev–Trinajstić information content (AvgIpc) is 2.37. The van der Waals surface area contributed by atoms with E-state index in [1.807, 2.05) is 0 Å². The molecule has 0 saturated carbocycles. The molecule has 1 aromatic carbocycles. The Labute approximate surface area is 110 Å². The van der Waals surface area contributed by atoms with Crippen molar-refractivity contribution in [1.82, 2.24) is 0 Å². The van der Waals surface area contributed by atoms with Crippen molar-refractivity contribution in [1.29, 1.82) is 0 Å². The van der Waals surface area contributed by atoms with Crippen molar-refractivity contribution in [2.75, 3.05) is 6.61 Å². The average molecular weight is 265 g/mol. The second kappa shape index (κ2) is 7.15. The van der Waals surface area contributed by atoms with Crippen molar-refractivity contribution in [3.05, 3.63) is 46.5 Å². The Hall–Kier alpha value is -2.37. The third-order valence-electron chi connectivity index (χ3n) is 2.14. The molecule has 6 heteroatoms. The molecule has 6 nitrogen and oxygen atoms in total. The highest BCUT2D eigenvalue weighted by Crippen LogP contribution is 2.20. The number of rotatable bonds is 6. The summed E-state index contributed by atoms with van der Waals surface area (Å²) in [6.07, 6.45) is 2.40. The summed E-state index contributed by atoms with van der Waals surface area (Å²) in [4.78, 5) is 21.2. The van der Waals surface area contributed by atoms with Crippen LogP contribution < -0.4 is 4.74 Å². The molecule has 0 N–H and O–H groups in total. The summed E-state index contributed by atoms with van der Waals surface area (Å²) in [6.45, 7) is 3.74. The zero-order chi connectivity index (χ0) is 14.3. The van der Waals surface area contributed by atoms with Crippen LogP contribution in [0.25, 0.3) is 0 Å². The maximum absolute atomic E-state index is 11.1. The molecule has 0 radical (unpaired) electrons. The molecule has 0 heterocycles. The van der Waals surface area contributed by atoms with Gasteiger partial charge in [-0.1, -0.05) is 6.07 Å². The zero-order valence-corrected chi connectivity index (χ0v) is 10.7. The maximum atomic E-state index is 11.1. The van der Waals surface area contributed by atoms with Crippen molar-refractivity contribution in [2.45, 2.75) is 20.0 Å². The van der Waals surface area contributed by atoms with Crippen LogP contribution in [0.15, 0.2) is 36.4 Å². The van der Waals surface area contributed by atoms with E-state index in [1.165, 1.54) is 30.4 Å². The Morgan fingerprint density at radius 3 is 2.89 bits per heavy atom. The smallest absolute Gasteiger partial charge is 0.330 e. The molecule has 0 aliphatic carbocycles. The summed E-state index contributed by atoms with van der Waals surface area (Å²) in [5.74, 6) is -0.0767. The predicted molar refractivity (Wildman–Crippen MR) is 69.0 cm³/mol. The van der Waals surface area contributed by atoms with Crippen LogP contribution in [0.2, 0.25) is 0 Å². The van der Waals surface area contributed by atoms with Crippen LogP contribution in [0.1, 0.15) is 13.8 Å². The standard InChI is InChI=1S/C13H15NO5/c1-3-18-13(15)8-7-10(2)19-12-6-4-5-11(9-12)14(16)17/h4-10H,3H2,1-2H3. The third kappa shape index (κ3) is 5.20. The number of esters is 1. The van der Waals surface area contributed by atoms with E-state index in [0.29, 0.717) is 12.4 Å². The molecule has 0 fully saturated rings. The van der Waals surface area contributed by atoms with Crippen LogP contribution in [0.5, 0.6) is 5.75 Å². The molecule has 0 amide bonds. The van der Waals surface area contributed by atoms with Crippen molar-refractivity contribution in [3.63, 3.8) is 0 Å². The number of benzene rings is 1. The highest BCUT2D eigenvalue weighted by molar-refractivity contribution is 5.81. The third-order valence-corrected chi connectivity index (χ3v) is 2.14. The van der Waals surface area contributed by atoms with Crippen molar-refractivity contribution < 1.29 is 19.2 Å². The molecule has 1 aromatic rings. The van der Waals surface area contributed by atoms with Gasteiger partial charge >= 0.3 is 5.97 Å². The lowest BCUT2D eigenvalue weighted by Gasteiger charge is -2.10. The second-order valence-corrected chi connectivity index (χ2v) is 3.69. The van der Waals surface area contributed by atoms with Gasteiger partial charge in [-0.25, -0.2) is 4.79 Å². The van der Waals surface area contributed by atoms with E-state index in [-0.39, 0.29) is 5.69 Å². The van der Waals surface area contributed by atoms with Gasteiger partial charge in [0.1, 0.15) is 11.9 Å².